The number of hydrogen-bond acceptors (Lipinski definition) is 3. The summed E-state index contributed by atoms with van der Waals surface area (Å²) in [6.45, 7) is 0. The Bertz CT molecular complexity index is 1230. The van der Waals surface area contributed by atoms with Crippen LogP contribution in [0.3, 0.4) is 0 Å². The highest BCUT2D eigenvalue weighted by atomic mass is 16.2. The van der Waals surface area contributed by atoms with E-state index in [9.17, 15) is 4.79 Å². The lowest BCUT2D eigenvalue weighted by Crippen LogP contribution is -2.12. The van der Waals surface area contributed by atoms with E-state index in [0.717, 1.165) is 40.7 Å². The number of nitrogens with one attached hydrogen (secondary N) is 2. The van der Waals surface area contributed by atoms with Crippen molar-refractivity contribution in [2.75, 3.05) is 5.32 Å². The molecule has 152 valence electrons. The molecule has 2 N–H and O–H groups in total. The van der Waals surface area contributed by atoms with Crippen molar-refractivity contribution < 1.29 is 4.79 Å². The number of anilines is 1. The highest BCUT2D eigenvalue weighted by Crippen LogP contribution is 2.30. The van der Waals surface area contributed by atoms with E-state index in [1.165, 1.54) is 0 Å². The average molecular weight is 406 g/mol. The van der Waals surface area contributed by atoms with Crippen LogP contribution in [0.4, 0.5) is 5.69 Å². The number of nitrogens with zero attached hydrogens (tertiary/aromatic N) is 2. The van der Waals surface area contributed by atoms with Gasteiger partial charge in [0.25, 0.3) is 0 Å². The van der Waals surface area contributed by atoms with Gasteiger partial charge in [-0.1, -0.05) is 54.6 Å². The Kier molecular flexibility index (Phi) is 6.20. The van der Waals surface area contributed by atoms with Crippen LogP contribution in [0.5, 0.6) is 0 Å². The van der Waals surface area contributed by atoms with Crippen LogP contribution in [0.25, 0.3) is 23.1 Å². The zero-order valence-electron chi connectivity index (χ0n) is 17.0. The summed E-state index contributed by atoms with van der Waals surface area (Å²) < 4.78 is 0. The van der Waals surface area contributed by atoms with Crippen molar-refractivity contribution in [3.8, 4) is 6.07 Å². The molecule has 1 aliphatic carbocycles. The lowest BCUT2D eigenvalue weighted by atomic mass is 10.1. The summed E-state index contributed by atoms with van der Waals surface area (Å²) in [5, 5.41) is 20.0. The van der Waals surface area contributed by atoms with Crippen LogP contribution in [0.15, 0.2) is 78.9 Å². The number of aromatic amines is 1. The van der Waals surface area contributed by atoms with Crippen molar-refractivity contribution in [2.24, 2.45) is 5.92 Å². The lowest BCUT2D eigenvalue weighted by Gasteiger charge is -2.01. The van der Waals surface area contributed by atoms with Gasteiger partial charge in [-0.05, 0) is 54.8 Å². The van der Waals surface area contributed by atoms with Crippen LogP contribution in [0.2, 0.25) is 0 Å². The SMILES string of the molecule is N#Cc1ccc(/C=C/c2n[nH]c3ccccc23)cc1.O=C(Nc1ccccc1)C1CC1. The molecule has 1 fully saturated rings. The van der Waals surface area contributed by atoms with E-state index in [4.69, 9.17) is 5.26 Å². The van der Waals surface area contributed by atoms with Gasteiger partial charge in [0, 0.05) is 17.0 Å². The van der Waals surface area contributed by atoms with Gasteiger partial charge < -0.3 is 5.32 Å². The highest BCUT2D eigenvalue weighted by molar-refractivity contribution is 5.94. The Balaban J connectivity index is 0.000000166. The second-order valence-corrected chi connectivity index (χ2v) is 7.35. The normalized spacial score (nSPS) is 12.7. The highest BCUT2D eigenvalue weighted by Gasteiger charge is 2.29. The zero-order valence-corrected chi connectivity index (χ0v) is 17.0. The molecule has 5 nitrogen and oxygen atoms in total. The number of para-hydroxylation sites is 2. The van der Waals surface area contributed by atoms with Gasteiger partial charge in [-0.25, -0.2) is 0 Å². The minimum absolute atomic E-state index is 0.168. The molecule has 0 bridgehead atoms. The molecule has 5 heteroatoms. The van der Waals surface area contributed by atoms with Crippen LogP contribution in [-0.2, 0) is 4.79 Å². The van der Waals surface area contributed by atoms with Crippen LogP contribution in [-0.4, -0.2) is 16.1 Å². The van der Waals surface area contributed by atoms with Crippen LogP contribution in [0.1, 0.15) is 29.7 Å². The van der Waals surface area contributed by atoms with E-state index in [1.54, 1.807) is 0 Å². The number of benzene rings is 3. The number of carbonyl (C=O) groups excluding carboxylic acids is 1. The van der Waals surface area contributed by atoms with Gasteiger partial charge >= 0.3 is 0 Å². The molecule has 3 aromatic carbocycles. The summed E-state index contributed by atoms with van der Waals surface area (Å²) in [6, 6.07) is 27.2. The standard InChI is InChI=1S/C16H11N3.C10H11NO/c17-11-13-7-5-12(6-8-13)9-10-16-14-3-1-2-4-15(14)18-19-16;12-10(8-6-7-8)11-9-4-2-1-3-5-9/h1-10H,(H,18,19);1-5,8H,6-7H2,(H,11,12)/b10-9+;. The number of aromatic nitrogens is 2. The number of carbonyl (C=O) groups is 1. The molecular weight excluding hydrogens is 384 g/mol. The number of H-pyrrole nitrogens is 1. The summed E-state index contributed by atoms with van der Waals surface area (Å²) in [4.78, 5) is 11.3. The molecule has 0 unspecified atom stereocenters. The Morgan fingerprint density at radius 1 is 0.968 bits per heavy atom. The monoisotopic (exact) mass is 406 g/mol. The molecule has 0 spiro atoms. The molecule has 1 aliphatic rings. The predicted octanol–water partition coefficient (Wildman–Crippen LogP) is 5.64. The maximum Gasteiger partial charge on any atom is 0.227 e. The molecule has 1 heterocycles. The van der Waals surface area contributed by atoms with Gasteiger partial charge in [-0.15, -0.1) is 0 Å². The predicted molar refractivity (Wildman–Crippen MR) is 124 cm³/mol. The maximum atomic E-state index is 11.3. The van der Waals surface area contributed by atoms with Gasteiger partial charge in [-0.3, -0.25) is 9.89 Å². The quantitative estimate of drug-likeness (QED) is 0.460. The van der Waals surface area contributed by atoms with E-state index in [-0.39, 0.29) is 11.8 Å². The largest absolute Gasteiger partial charge is 0.326 e. The van der Waals surface area contributed by atoms with Crippen LogP contribution in [0, 0.1) is 17.2 Å². The van der Waals surface area contributed by atoms with Gasteiger partial charge in [0.1, 0.15) is 0 Å². The Morgan fingerprint density at radius 3 is 2.39 bits per heavy atom. The summed E-state index contributed by atoms with van der Waals surface area (Å²) in [6.07, 6.45) is 6.07. The van der Waals surface area contributed by atoms with Gasteiger partial charge in [0.15, 0.2) is 0 Å². The first-order valence-corrected chi connectivity index (χ1v) is 10.2. The van der Waals surface area contributed by atoms with Gasteiger partial charge in [0.05, 0.1) is 22.8 Å². The molecule has 31 heavy (non-hydrogen) atoms. The van der Waals surface area contributed by atoms with Crippen molar-refractivity contribution in [1.82, 2.24) is 10.2 Å². The van der Waals surface area contributed by atoms with Crippen molar-refractivity contribution in [1.29, 1.82) is 5.26 Å². The third-order valence-corrected chi connectivity index (χ3v) is 4.96. The number of nitriles is 1. The Labute approximate surface area is 181 Å². The van der Waals surface area contributed by atoms with E-state index >= 15 is 0 Å². The summed E-state index contributed by atoms with van der Waals surface area (Å²) >= 11 is 0. The minimum atomic E-state index is 0.168. The molecule has 0 saturated heterocycles. The fourth-order valence-electron chi connectivity index (χ4n) is 3.07. The topological polar surface area (TPSA) is 81.6 Å². The molecular formula is C26H22N4O. The molecule has 0 atom stereocenters. The van der Waals surface area contributed by atoms with E-state index in [1.807, 2.05) is 91.0 Å². The van der Waals surface area contributed by atoms with Gasteiger partial charge in [-0.2, -0.15) is 10.4 Å². The molecule has 5 rings (SSSR count). The van der Waals surface area contributed by atoms with Crippen molar-refractivity contribution in [3.05, 3.63) is 95.7 Å². The first kappa shape index (κ1) is 20.1. The number of hydrogen-bond donors (Lipinski definition) is 2. The lowest BCUT2D eigenvalue weighted by molar-refractivity contribution is -0.117. The van der Waals surface area contributed by atoms with E-state index in [2.05, 4.69) is 21.6 Å². The first-order valence-electron chi connectivity index (χ1n) is 10.2. The maximum absolute atomic E-state index is 11.3. The zero-order chi connectivity index (χ0) is 21.5. The van der Waals surface area contributed by atoms with Crippen LogP contribution >= 0.6 is 0 Å². The fourth-order valence-corrected chi connectivity index (χ4v) is 3.07. The summed E-state index contributed by atoms with van der Waals surface area (Å²) in [5.74, 6) is 0.450. The fraction of sp³-hybridized carbons (Fsp3) is 0.115. The summed E-state index contributed by atoms with van der Waals surface area (Å²) in [5.41, 5.74) is 4.56. The molecule has 1 amide bonds. The molecule has 0 aliphatic heterocycles. The third-order valence-electron chi connectivity index (χ3n) is 4.96. The molecule has 1 saturated carbocycles. The van der Waals surface area contributed by atoms with Crippen molar-refractivity contribution in [3.63, 3.8) is 0 Å². The first-order chi connectivity index (χ1) is 15.2. The molecule has 4 aromatic rings. The molecule has 1 aromatic heterocycles. The molecule has 0 radical (unpaired) electrons. The van der Waals surface area contributed by atoms with E-state index in [0.29, 0.717) is 5.56 Å². The van der Waals surface area contributed by atoms with Crippen molar-refractivity contribution in [2.45, 2.75) is 12.8 Å². The second-order valence-electron chi connectivity index (χ2n) is 7.35. The van der Waals surface area contributed by atoms with Crippen LogP contribution < -0.4 is 5.32 Å². The van der Waals surface area contributed by atoms with Crippen molar-refractivity contribution >= 4 is 34.6 Å². The second kappa shape index (κ2) is 9.55. The number of rotatable bonds is 4. The Morgan fingerprint density at radius 2 is 1.68 bits per heavy atom. The minimum Gasteiger partial charge on any atom is -0.326 e. The summed E-state index contributed by atoms with van der Waals surface area (Å²) in [7, 11) is 0. The van der Waals surface area contributed by atoms with E-state index < -0.39 is 0 Å². The van der Waals surface area contributed by atoms with Gasteiger partial charge in [0.2, 0.25) is 5.91 Å². The Hall–Kier alpha value is -4.17. The smallest absolute Gasteiger partial charge is 0.227 e. The third kappa shape index (κ3) is 5.46. The number of amides is 1. The number of fused-ring (bicyclic) bond motifs is 1. The average Bonchev–Trinajstić information content (AvgIpc) is 3.60.